The molecule has 1 saturated heterocycles. The summed E-state index contributed by atoms with van der Waals surface area (Å²) in [6.07, 6.45) is -4.93. The average molecular weight is 356 g/mol. The highest BCUT2D eigenvalue weighted by molar-refractivity contribution is 6.61. The zero-order valence-corrected chi connectivity index (χ0v) is 14.2. The molecule has 0 radical (unpaired) electrons. The SMILES string of the molecule is CC1(C)OB(c2c(F)c(C(F)(F)F)nn2-c2ccccc2)OC1(C)C. The Kier molecular flexibility index (Phi) is 4.00. The molecule has 0 N–H and O–H groups in total. The third-order valence-corrected chi connectivity index (χ3v) is 4.61. The van der Waals surface area contributed by atoms with Gasteiger partial charge >= 0.3 is 13.3 Å². The van der Waals surface area contributed by atoms with Gasteiger partial charge < -0.3 is 9.31 Å². The highest BCUT2D eigenvalue weighted by atomic mass is 19.4. The lowest BCUT2D eigenvalue weighted by Gasteiger charge is -2.32. The van der Waals surface area contributed by atoms with Crippen LogP contribution < -0.4 is 5.59 Å². The van der Waals surface area contributed by atoms with Gasteiger partial charge in [-0.1, -0.05) is 18.2 Å². The van der Waals surface area contributed by atoms with Gasteiger partial charge in [-0.3, -0.25) is 0 Å². The molecule has 0 bridgehead atoms. The summed E-state index contributed by atoms with van der Waals surface area (Å²) >= 11 is 0. The fraction of sp³-hybridized carbons (Fsp3) is 0.438. The van der Waals surface area contributed by atoms with E-state index in [0.29, 0.717) is 0 Å². The number of hydrogen-bond acceptors (Lipinski definition) is 3. The van der Waals surface area contributed by atoms with Gasteiger partial charge in [-0.15, -0.1) is 0 Å². The van der Waals surface area contributed by atoms with Gasteiger partial charge in [0.1, 0.15) is 5.59 Å². The number of para-hydroxylation sites is 1. The quantitative estimate of drug-likeness (QED) is 0.612. The Morgan fingerprint density at radius 2 is 1.52 bits per heavy atom. The fourth-order valence-corrected chi connectivity index (χ4v) is 2.52. The lowest BCUT2D eigenvalue weighted by atomic mass is 9.83. The van der Waals surface area contributed by atoms with Crippen molar-refractivity contribution in [3.8, 4) is 5.69 Å². The third-order valence-electron chi connectivity index (χ3n) is 4.61. The molecule has 1 aliphatic rings. The van der Waals surface area contributed by atoms with Crippen molar-refractivity contribution in [3.63, 3.8) is 0 Å². The third kappa shape index (κ3) is 2.95. The van der Waals surface area contributed by atoms with Crippen molar-refractivity contribution in [1.29, 1.82) is 0 Å². The Labute approximate surface area is 142 Å². The Bertz CT molecular complexity index is 771. The van der Waals surface area contributed by atoms with E-state index >= 15 is 0 Å². The van der Waals surface area contributed by atoms with Crippen molar-refractivity contribution in [2.75, 3.05) is 0 Å². The highest BCUT2D eigenvalue weighted by Gasteiger charge is 2.55. The van der Waals surface area contributed by atoms with Gasteiger partial charge in [-0.25, -0.2) is 9.07 Å². The van der Waals surface area contributed by atoms with Crippen LogP contribution in [0.2, 0.25) is 0 Å². The highest BCUT2D eigenvalue weighted by Crippen LogP contribution is 2.38. The van der Waals surface area contributed by atoms with Crippen molar-refractivity contribution in [1.82, 2.24) is 9.78 Å². The number of benzene rings is 1. The molecule has 1 aromatic carbocycles. The Morgan fingerprint density at radius 1 is 1.00 bits per heavy atom. The Hall–Kier alpha value is -1.87. The maximum absolute atomic E-state index is 14.7. The molecule has 0 spiro atoms. The van der Waals surface area contributed by atoms with Gasteiger partial charge in [0.05, 0.1) is 16.9 Å². The number of aromatic nitrogens is 2. The molecule has 2 aromatic rings. The van der Waals surface area contributed by atoms with Crippen molar-refractivity contribution in [3.05, 3.63) is 41.8 Å². The molecule has 1 aliphatic heterocycles. The second-order valence-electron chi connectivity index (χ2n) is 6.88. The molecule has 1 aromatic heterocycles. The first-order chi connectivity index (χ1) is 11.4. The minimum Gasteiger partial charge on any atom is -0.398 e. The molecular formula is C16H17BF4N2O2. The van der Waals surface area contributed by atoms with Gasteiger partial charge in [0, 0.05) is 0 Å². The number of halogens is 4. The van der Waals surface area contributed by atoms with E-state index in [1.807, 2.05) is 0 Å². The summed E-state index contributed by atoms with van der Waals surface area (Å²) < 4.78 is 66.5. The average Bonchev–Trinajstić information content (AvgIpc) is 2.93. The van der Waals surface area contributed by atoms with Gasteiger partial charge in [0.25, 0.3) is 0 Å². The summed E-state index contributed by atoms with van der Waals surface area (Å²) in [6, 6.07) is 8.00. The minimum atomic E-state index is -4.93. The first kappa shape index (κ1) is 17.9. The molecule has 0 aliphatic carbocycles. The first-order valence-electron chi connectivity index (χ1n) is 7.71. The van der Waals surface area contributed by atoms with Crippen molar-refractivity contribution in [2.45, 2.75) is 45.1 Å². The summed E-state index contributed by atoms with van der Waals surface area (Å²) in [7, 11) is -1.31. The lowest BCUT2D eigenvalue weighted by Crippen LogP contribution is -2.41. The van der Waals surface area contributed by atoms with Crippen LogP contribution in [0.1, 0.15) is 33.4 Å². The van der Waals surface area contributed by atoms with Gasteiger partial charge in [-0.05, 0) is 39.8 Å². The van der Waals surface area contributed by atoms with Crippen LogP contribution in [0.25, 0.3) is 5.69 Å². The molecule has 3 rings (SSSR count). The van der Waals surface area contributed by atoms with E-state index < -0.39 is 41.6 Å². The molecular weight excluding hydrogens is 339 g/mol. The zero-order chi connectivity index (χ0) is 18.6. The van der Waals surface area contributed by atoms with Crippen LogP contribution in [0.15, 0.2) is 30.3 Å². The molecule has 4 nitrogen and oxygen atoms in total. The molecule has 2 heterocycles. The van der Waals surface area contributed by atoms with E-state index in [4.69, 9.17) is 9.31 Å². The molecule has 1 fully saturated rings. The predicted octanol–water partition coefficient (Wildman–Crippen LogP) is 3.33. The lowest BCUT2D eigenvalue weighted by molar-refractivity contribution is -0.143. The summed E-state index contributed by atoms with van der Waals surface area (Å²) in [5, 5.41) is 3.45. The smallest absolute Gasteiger partial charge is 0.398 e. The van der Waals surface area contributed by atoms with E-state index in [1.54, 1.807) is 45.9 Å². The van der Waals surface area contributed by atoms with Crippen LogP contribution >= 0.6 is 0 Å². The van der Waals surface area contributed by atoms with Crippen LogP contribution in [0.5, 0.6) is 0 Å². The Balaban J connectivity index is 2.17. The standard InChI is InChI=1S/C16H17BF4N2O2/c1-14(2)15(3,4)25-17(24-14)13-11(18)12(16(19,20)21)22-23(13)10-8-6-5-7-9-10/h5-9H,1-4H3. The molecule has 0 saturated carbocycles. The predicted molar refractivity (Wildman–Crippen MR) is 84.2 cm³/mol. The van der Waals surface area contributed by atoms with Crippen molar-refractivity contribution < 1.29 is 26.9 Å². The van der Waals surface area contributed by atoms with Crippen LogP contribution in [0.4, 0.5) is 17.6 Å². The molecule has 9 heteroatoms. The van der Waals surface area contributed by atoms with E-state index in [1.165, 1.54) is 12.1 Å². The summed E-state index contributed by atoms with van der Waals surface area (Å²) in [5.74, 6) is -1.49. The van der Waals surface area contributed by atoms with Crippen molar-refractivity contribution >= 4 is 12.7 Å². The number of rotatable bonds is 2. The molecule has 0 amide bonds. The number of nitrogens with zero attached hydrogens (tertiary/aromatic N) is 2. The fourth-order valence-electron chi connectivity index (χ4n) is 2.52. The van der Waals surface area contributed by atoms with E-state index in [-0.39, 0.29) is 5.69 Å². The number of hydrogen-bond donors (Lipinski definition) is 0. The van der Waals surface area contributed by atoms with Gasteiger partial charge in [0.15, 0.2) is 5.82 Å². The van der Waals surface area contributed by atoms with E-state index in [2.05, 4.69) is 5.10 Å². The van der Waals surface area contributed by atoms with Crippen LogP contribution in [0, 0.1) is 5.82 Å². The topological polar surface area (TPSA) is 36.3 Å². The Morgan fingerprint density at radius 3 is 2.00 bits per heavy atom. The molecule has 0 atom stereocenters. The summed E-state index contributed by atoms with van der Waals surface area (Å²) in [5.41, 5.74) is -3.37. The van der Waals surface area contributed by atoms with Crippen LogP contribution in [-0.4, -0.2) is 28.1 Å². The first-order valence-corrected chi connectivity index (χ1v) is 7.71. The zero-order valence-electron chi connectivity index (χ0n) is 14.2. The van der Waals surface area contributed by atoms with Crippen LogP contribution in [0.3, 0.4) is 0 Å². The van der Waals surface area contributed by atoms with Crippen molar-refractivity contribution in [2.24, 2.45) is 0 Å². The largest absolute Gasteiger partial charge is 0.517 e. The van der Waals surface area contributed by atoms with Gasteiger partial charge in [0.2, 0.25) is 5.69 Å². The summed E-state index contributed by atoms with van der Waals surface area (Å²) in [6.45, 7) is 6.94. The van der Waals surface area contributed by atoms with Crippen LogP contribution in [-0.2, 0) is 15.5 Å². The molecule has 134 valence electrons. The van der Waals surface area contributed by atoms with E-state index in [0.717, 1.165) is 4.68 Å². The minimum absolute atomic E-state index is 0.279. The normalized spacial score (nSPS) is 19.4. The second kappa shape index (κ2) is 5.57. The maximum Gasteiger partial charge on any atom is 0.517 e. The molecule has 0 unspecified atom stereocenters. The monoisotopic (exact) mass is 356 g/mol. The molecule has 25 heavy (non-hydrogen) atoms. The maximum atomic E-state index is 14.7. The summed E-state index contributed by atoms with van der Waals surface area (Å²) in [4.78, 5) is 0. The number of alkyl halides is 3. The van der Waals surface area contributed by atoms with E-state index in [9.17, 15) is 17.6 Å². The second-order valence-corrected chi connectivity index (χ2v) is 6.88. The van der Waals surface area contributed by atoms with Gasteiger partial charge in [-0.2, -0.15) is 18.3 Å².